The van der Waals surface area contributed by atoms with E-state index in [9.17, 15) is 14.4 Å². The van der Waals surface area contributed by atoms with Crippen molar-refractivity contribution >= 4 is 81.7 Å². The number of amides is 3. The number of nitrogens with zero attached hydrogens (tertiary/aromatic N) is 1. The third-order valence-corrected chi connectivity index (χ3v) is 6.28. The summed E-state index contributed by atoms with van der Waals surface area (Å²) in [6.07, 6.45) is 1.30. The monoisotopic (exact) mass is 596 g/mol. The highest BCUT2D eigenvalue weighted by atomic mass is 35.5. The molecule has 3 amide bonds. The molecule has 13 heteroatoms. The SMILES string of the molecule is CCOc1cc(/C=N\NC(=O)C(=O)Nc2cccc(Cl)c2Cl)ccc1OCC(=O)Nc1cccc(Cl)c1Cl. The standard InChI is InChI=1S/C25H20Cl4N4O5/c1-2-37-20-11-14(12-30-33-25(36)24(35)32-18-8-4-6-16(27)23(18)29)9-10-19(20)38-13-21(34)31-17-7-3-5-15(26)22(17)28/h3-12H,2,13H2,1H3,(H,31,34)(H,32,35)(H,33,36)/b30-12-. The van der Waals surface area contributed by atoms with Crippen LogP contribution in [0.15, 0.2) is 59.7 Å². The maximum atomic E-state index is 12.3. The van der Waals surface area contributed by atoms with Crippen molar-refractivity contribution in [3.05, 3.63) is 80.3 Å². The highest BCUT2D eigenvalue weighted by Gasteiger charge is 2.16. The molecule has 0 aromatic heterocycles. The van der Waals surface area contributed by atoms with E-state index in [-0.39, 0.29) is 27.4 Å². The van der Waals surface area contributed by atoms with Crippen molar-refractivity contribution in [1.82, 2.24) is 5.43 Å². The van der Waals surface area contributed by atoms with Crippen LogP contribution >= 0.6 is 46.4 Å². The fourth-order valence-electron chi connectivity index (χ4n) is 2.92. The Morgan fingerprint density at radius 1 is 0.816 bits per heavy atom. The van der Waals surface area contributed by atoms with Crippen LogP contribution in [-0.2, 0) is 14.4 Å². The summed E-state index contributed by atoms with van der Waals surface area (Å²) in [5.41, 5.74) is 3.18. The first kappa shape index (κ1) is 29.1. The number of hydrogen-bond acceptors (Lipinski definition) is 6. The molecule has 0 bridgehead atoms. The summed E-state index contributed by atoms with van der Waals surface area (Å²) in [6, 6.07) is 14.3. The lowest BCUT2D eigenvalue weighted by Crippen LogP contribution is -2.32. The summed E-state index contributed by atoms with van der Waals surface area (Å²) in [6.45, 7) is 1.78. The third-order valence-electron chi connectivity index (χ3n) is 4.64. The Balaban J connectivity index is 1.58. The van der Waals surface area contributed by atoms with Gasteiger partial charge in [0.25, 0.3) is 5.91 Å². The molecule has 0 radical (unpaired) electrons. The summed E-state index contributed by atoms with van der Waals surface area (Å²) >= 11 is 23.9. The molecule has 0 saturated carbocycles. The average molecular weight is 598 g/mol. The molecule has 3 aromatic rings. The van der Waals surface area contributed by atoms with Crippen LogP contribution in [0.4, 0.5) is 11.4 Å². The molecule has 9 nitrogen and oxygen atoms in total. The molecule has 0 aliphatic rings. The number of nitrogens with one attached hydrogen (secondary N) is 3. The number of carbonyl (C=O) groups excluding carboxylic acids is 3. The number of carbonyl (C=O) groups is 3. The zero-order chi connectivity index (χ0) is 27.7. The highest BCUT2D eigenvalue weighted by molar-refractivity contribution is 6.46. The normalized spacial score (nSPS) is 10.7. The van der Waals surface area contributed by atoms with Gasteiger partial charge in [-0.15, -0.1) is 0 Å². The Morgan fingerprint density at radius 2 is 1.45 bits per heavy atom. The van der Waals surface area contributed by atoms with Crippen LogP contribution in [0.1, 0.15) is 12.5 Å². The Kier molecular flexibility index (Phi) is 10.6. The first-order valence-corrected chi connectivity index (χ1v) is 12.4. The van der Waals surface area contributed by atoms with Crippen molar-refractivity contribution in [1.29, 1.82) is 0 Å². The van der Waals surface area contributed by atoms with Gasteiger partial charge in [-0.25, -0.2) is 5.43 Å². The van der Waals surface area contributed by atoms with Gasteiger partial charge in [0, 0.05) is 0 Å². The Labute approximate surface area is 238 Å². The Hall–Kier alpha value is -3.50. The predicted octanol–water partition coefficient (Wildman–Crippen LogP) is 5.81. The number of anilines is 2. The van der Waals surface area contributed by atoms with E-state index in [1.54, 1.807) is 55.5 Å². The van der Waals surface area contributed by atoms with Crippen LogP contribution in [0.2, 0.25) is 20.1 Å². The van der Waals surface area contributed by atoms with E-state index in [4.69, 9.17) is 55.9 Å². The lowest BCUT2D eigenvalue weighted by molar-refractivity contribution is -0.136. The van der Waals surface area contributed by atoms with Crippen molar-refractivity contribution in [2.24, 2.45) is 5.10 Å². The number of hydrazone groups is 1. The molecule has 0 unspecified atom stereocenters. The molecule has 0 aliphatic carbocycles. The minimum atomic E-state index is -1.02. The Morgan fingerprint density at radius 3 is 2.08 bits per heavy atom. The second-order valence-electron chi connectivity index (χ2n) is 7.33. The minimum absolute atomic E-state index is 0.107. The van der Waals surface area contributed by atoms with E-state index in [1.165, 1.54) is 12.3 Å². The molecule has 0 atom stereocenters. The van der Waals surface area contributed by atoms with Gasteiger partial charge in [-0.3, -0.25) is 14.4 Å². The summed E-state index contributed by atoms with van der Waals surface area (Å²) in [4.78, 5) is 36.5. The van der Waals surface area contributed by atoms with Crippen molar-refractivity contribution in [2.75, 3.05) is 23.8 Å². The molecule has 0 heterocycles. The van der Waals surface area contributed by atoms with Gasteiger partial charge in [0.1, 0.15) is 0 Å². The number of benzene rings is 3. The van der Waals surface area contributed by atoms with Crippen molar-refractivity contribution in [2.45, 2.75) is 6.92 Å². The number of ether oxygens (including phenoxy) is 2. The lowest BCUT2D eigenvalue weighted by Gasteiger charge is -2.13. The zero-order valence-electron chi connectivity index (χ0n) is 19.7. The molecule has 0 spiro atoms. The molecule has 198 valence electrons. The van der Waals surface area contributed by atoms with Crippen molar-refractivity contribution in [3.8, 4) is 11.5 Å². The van der Waals surface area contributed by atoms with Gasteiger partial charge in [0.15, 0.2) is 18.1 Å². The van der Waals surface area contributed by atoms with Crippen LogP contribution in [0, 0.1) is 0 Å². The summed E-state index contributed by atoms with van der Waals surface area (Å²) < 4.78 is 11.2. The van der Waals surface area contributed by atoms with E-state index in [1.807, 2.05) is 0 Å². The zero-order valence-corrected chi connectivity index (χ0v) is 22.7. The summed E-state index contributed by atoms with van der Waals surface area (Å²) in [7, 11) is 0. The molecular weight excluding hydrogens is 578 g/mol. The Bertz CT molecular complexity index is 1380. The molecule has 3 rings (SSSR count). The van der Waals surface area contributed by atoms with Gasteiger partial charge >= 0.3 is 11.8 Å². The first-order chi connectivity index (χ1) is 18.2. The molecular formula is C25H20Cl4N4O5. The average Bonchev–Trinajstić information content (AvgIpc) is 2.89. The molecule has 38 heavy (non-hydrogen) atoms. The van der Waals surface area contributed by atoms with Gasteiger partial charge in [-0.1, -0.05) is 58.5 Å². The molecule has 3 aromatic carbocycles. The predicted molar refractivity (Wildman–Crippen MR) is 149 cm³/mol. The number of hydrogen-bond donors (Lipinski definition) is 3. The molecule has 0 aliphatic heterocycles. The molecule has 3 N–H and O–H groups in total. The molecule has 0 fully saturated rings. The highest BCUT2D eigenvalue weighted by Crippen LogP contribution is 2.31. The van der Waals surface area contributed by atoms with E-state index in [2.05, 4.69) is 21.2 Å². The number of rotatable bonds is 9. The largest absolute Gasteiger partial charge is 0.490 e. The smallest absolute Gasteiger partial charge is 0.329 e. The van der Waals surface area contributed by atoms with Crippen molar-refractivity contribution < 1.29 is 23.9 Å². The van der Waals surface area contributed by atoms with Gasteiger partial charge in [0.05, 0.1) is 44.3 Å². The van der Waals surface area contributed by atoms with E-state index >= 15 is 0 Å². The van der Waals surface area contributed by atoms with E-state index in [0.29, 0.717) is 34.4 Å². The van der Waals surface area contributed by atoms with Crippen LogP contribution in [0.3, 0.4) is 0 Å². The lowest BCUT2D eigenvalue weighted by atomic mass is 10.2. The van der Waals surface area contributed by atoms with Crippen LogP contribution in [0.25, 0.3) is 0 Å². The van der Waals surface area contributed by atoms with Gasteiger partial charge < -0.3 is 20.1 Å². The third kappa shape index (κ3) is 8.00. The summed E-state index contributed by atoms with van der Waals surface area (Å²) in [5, 5.41) is 9.62. The van der Waals surface area contributed by atoms with Crippen LogP contribution < -0.4 is 25.5 Å². The van der Waals surface area contributed by atoms with Crippen LogP contribution in [0.5, 0.6) is 11.5 Å². The van der Waals surface area contributed by atoms with Gasteiger partial charge in [-0.05, 0) is 55.0 Å². The fraction of sp³-hybridized carbons (Fsp3) is 0.120. The topological polar surface area (TPSA) is 118 Å². The van der Waals surface area contributed by atoms with E-state index in [0.717, 1.165) is 0 Å². The second kappa shape index (κ2) is 13.9. The van der Waals surface area contributed by atoms with Crippen molar-refractivity contribution in [3.63, 3.8) is 0 Å². The van der Waals surface area contributed by atoms with E-state index < -0.39 is 17.7 Å². The number of halogens is 4. The molecule has 0 saturated heterocycles. The summed E-state index contributed by atoms with van der Waals surface area (Å²) in [5.74, 6) is -1.82. The maximum absolute atomic E-state index is 12.3. The second-order valence-corrected chi connectivity index (χ2v) is 8.90. The first-order valence-electron chi connectivity index (χ1n) is 10.9. The minimum Gasteiger partial charge on any atom is -0.490 e. The fourth-order valence-corrected chi connectivity index (χ4v) is 3.61. The van der Waals surface area contributed by atoms with Crippen LogP contribution in [-0.4, -0.2) is 37.1 Å². The van der Waals surface area contributed by atoms with Gasteiger partial charge in [0.2, 0.25) is 0 Å². The van der Waals surface area contributed by atoms with Gasteiger partial charge in [-0.2, -0.15) is 5.10 Å². The maximum Gasteiger partial charge on any atom is 0.329 e. The quantitative estimate of drug-likeness (QED) is 0.163.